The Labute approximate surface area is 153 Å². The van der Waals surface area contributed by atoms with Crippen molar-refractivity contribution in [3.8, 4) is 0 Å². The summed E-state index contributed by atoms with van der Waals surface area (Å²) in [5.74, 6) is 0.0545. The van der Waals surface area contributed by atoms with Gasteiger partial charge in [-0.2, -0.15) is 0 Å². The Morgan fingerprint density at radius 2 is 1.96 bits per heavy atom. The number of halogens is 1. The number of piperidine rings is 1. The maximum Gasteiger partial charge on any atom is 0.230 e. The van der Waals surface area contributed by atoms with Crippen LogP contribution in [0.3, 0.4) is 0 Å². The lowest BCUT2D eigenvalue weighted by Gasteiger charge is -2.34. The first kappa shape index (κ1) is 17.9. The fraction of sp³-hybridized carbons (Fsp3) is 0.400. The zero-order valence-electron chi connectivity index (χ0n) is 14.1. The number of carbonyl (C=O) groups excluding carboxylic acids is 1. The quantitative estimate of drug-likeness (QED) is 0.892. The van der Waals surface area contributed by atoms with Gasteiger partial charge in [-0.05, 0) is 60.6 Å². The molecule has 1 aliphatic rings. The fourth-order valence-electron chi connectivity index (χ4n) is 3.43. The Morgan fingerprint density at radius 1 is 1.24 bits per heavy atom. The maximum atomic E-state index is 13.2. The Morgan fingerprint density at radius 3 is 2.64 bits per heavy atom. The van der Waals surface area contributed by atoms with Crippen molar-refractivity contribution in [2.75, 3.05) is 19.7 Å². The van der Waals surface area contributed by atoms with E-state index in [0.717, 1.165) is 30.5 Å². The molecule has 2 aromatic rings. The van der Waals surface area contributed by atoms with E-state index in [1.54, 1.807) is 12.4 Å². The number of nitrogens with zero attached hydrogens (tertiary/aromatic N) is 2. The molecule has 3 rings (SSSR count). The van der Waals surface area contributed by atoms with Gasteiger partial charge in [-0.3, -0.25) is 9.78 Å². The third kappa shape index (κ3) is 4.59. The van der Waals surface area contributed by atoms with E-state index in [9.17, 15) is 9.90 Å². The van der Waals surface area contributed by atoms with Crippen molar-refractivity contribution in [1.82, 2.24) is 9.88 Å². The van der Waals surface area contributed by atoms with E-state index in [4.69, 9.17) is 11.6 Å². The molecule has 2 atom stereocenters. The number of pyridine rings is 1. The van der Waals surface area contributed by atoms with Gasteiger partial charge in [0.05, 0.1) is 5.92 Å². The number of hydrogen-bond donors (Lipinski definition) is 1. The van der Waals surface area contributed by atoms with Crippen LogP contribution in [-0.2, 0) is 11.2 Å². The van der Waals surface area contributed by atoms with Crippen molar-refractivity contribution in [2.24, 2.45) is 5.92 Å². The SMILES string of the molecule is O=C(C(Cc1ccncc1)c1ccc(Cl)cc1)N1CCCC(CO)C1. The molecule has 0 aliphatic carbocycles. The lowest BCUT2D eigenvalue weighted by Crippen LogP contribution is -2.43. The molecular formula is C20H23ClN2O2. The summed E-state index contributed by atoms with van der Waals surface area (Å²) < 4.78 is 0. The van der Waals surface area contributed by atoms with E-state index in [1.807, 2.05) is 41.3 Å². The van der Waals surface area contributed by atoms with Gasteiger partial charge in [0.25, 0.3) is 0 Å². The van der Waals surface area contributed by atoms with Crippen LogP contribution in [0, 0.1) is 5.92 Å². The molecule has 1 N–H and O–H groups in total. The fourth-order valence-corrected chi connectivity index (χ4v) is 3.56. The highest BCUT2D eigenvalue weighted by atomic mass is 35.5. The second-order valence-corrected chi connectivity index (χ2v) is 7.08. The Kier molecular flexibility index (Phi) is 6.05. The minimum atomic E-state index is -0.253. The monoisotopic (exact) mass is 358 g/mol. The number of aliphatic hydroxyl groups is 1. The van der Waals surface area contributed by atoms with Crippen LogP contribution in [0.2, 0.25) is 5.02 Å². The summed E-state index contributed by atoms with van der Waals surface area (Å²) in [6, 6.07) is 11.4. The summed E-state index contributed by atoms with van der Waals surface area (Å²) in [5.41, 5.74) is 2.05. The van der Waals surface area contributed by atoms with Gasteiger partial charge in [-0.1, -0.05) is 23.7 Å². The van der Waals surface area contributed by atoms with Crippen molar-refractivity contribution < 1.29 is 9.90 Å². The highest BCUT2D eigenvalue weighted by Gasteiger charge is 2.29. The molecule has 0 saturated carbocycles. The summed E-state index contributed by atoms with van der Waals surface area (Å²) in [6.07, 6.45) is 6.06. The molecular weight excluding hydrogens is 336 g/mol. The topological polar surface area (TPSA) is 53.4 Å². The van der Waals surface area contributed by atoms with Crippen LogP contribution in [0.15, 0.2) is 48.8 Å². The minimum absolute atomic E-state index is 0.122. The molecule has 25 heavy (non-hydrogen) atoms. The lowest BCUT2D eigenvalue weighted by molar-refractivity contribution is -0.135. The van der Waals surface area contributed by atoms with E-state index in [-0.39, 0.29) is 24.3 Å². The largest absolute Gasteiger partial charge is 0.396 e. The van der Waals surface area contributed by atoms with Crippen LogP contribution in [0.4, 0.5) is 0 Å². The predicted molar refractivity (Wildman–Crippen MR) is 98.5 cm³/mol. The number of rotatable bonds is 5. The highest BCUT2D eigenvalue weighted by molar-refractivity contribution is 6.30. The summed E-state index contributed by atoms with van der Waals surface area (Å²) in [7, 11) is 0. The second kappa shape index (κ2) is 8.45. The van der Waals surface area contributed by atoms with Crippen molar-refractivity contribution in [1.29, 1.82) is 0 Å². The number of likely N-dealkylation sites (tertiary alicyclic amines) is 1. The highest BCUT2D eigenvalue weighted by Crippen LogP contribution is 2.27. The van der Waals surface area contributed by atoms with Gasteiger partial charge in [-0.25, -0.2) is 0 Å². The Balaban J connectivity index is 1.84. The average Bonchev–Trinajstić information content (AvgIpc) is 2.67. The molecule has 1 aromatic carbocycles. The van der Waals surface area contributed by atoms with Crippen LogP contribution >= 0.6 is 11.6 Å². The standard InChI is InChI=1S/C20H23ClN2O2/c21-18-5-3-17(4-6-18)19(12-15-7-9-22-10-8-15)20(25)23-11-1-2-16(13-23)14-24/h3-10,16,19,24H,1-2,11-14H2. The van der Waals surface area contributed by atoms with Crippen LogP contribution < -0.4 is 0 Å². The maximum absolute atomic E-state index is 13.2. The lowest BCUT2D eigenvalue weighted by atomic mass is 9.89. The van der Waals surface area contributed by atoms with E-state index in [2.05, 4.69) is 4.98 Å². The number of benzene rings is 1. The summed E-state index contributed by atoms with van der Waals surface area (Å²) in [6.45, 7) is 1.53. The van der Waals surface area contributed by atoms with Crippen LogP contribution in [0.1, 0.15) is 29.9 Å². The smallest absolute Gasteiger partial charge is 0.230 e. The van der Waals surface area contributed by atoms with Gasteiger partial charge in [0.1, 0.15) is 0 Å². The molecule has 1 amide bonds. The van der Waals surface area contributed by atoms with Crippen LogP contribution in [0.5, 0.6) is 0 Å². The Bertz CT molecular complexity index is 691. The molecule has 2 heterocycles. The molecule has 1 fully saturated rings. The van der Waals surface area contributed by atoms with Gasteiger partial charge >= 0.3 is 0 Å². The molecule has 0 bridgehead atoms. The molecule has 5 heteroatoms. The van der Waals surface area contributed by atoms with Crippen LogP contribution in [-0.4, -0.2) is 40.6 Å². The minimum Gasteiger partial charge on any atom is -0.396 e. The van der Waals surface area contributed by atoms with E-state index >= 15 is 0 Å². The zero-order chi connectivity index (χ0) is 17.6. The van der Waals surface area contributed by atoms with Crippen molar-refractivity contribution in [2.45, 2.75) is 25.2 Å². The first-order valence-electron chi connectivity index (χ1n) is 8.71. The summed E-state index contributed by atoms with van der Waals surface area (Å²) in [4.78, 5) is 19.2. The van der Waals surface area contributed by atoms with Gasteiger partial charge in [-0.15, -0.1) is 0 Å². The summed E-state index contributed by atoms with van der Waals surface area (Å²) in [5, 5.41) is 10.1. The number of aliphatic hydroxyl groups excluding tert-OH is 1. The van der Waals surface area contributed by atoms with Crippen LogP contribution in [0.25, 0.3) is 0 Å². The molecule has 1 aliphatic heterocycles. The molecule has 2 unspecified atom stereocenters. The van der Waals surface area contributed by atoms with Gasteiger partial charge in [0.2, 0.25) is 5.91 Å². The molecule has 4 nitrogen and oxygen atoms in total. The molecule has 0 radical (unpaired) electrons. The summed E-state index contributed by atoms with van der Waals surface area (Å²) >= 11 is 6.01. The second-order valence-electron chi connectivity index (χ2n) is 6.64. The normalized spacial score (nSPS) is 18.8. The third-order valence-electron chi connectivity index (χ3n) is 4.85. The predicted octanol–water partition coefficient (Wildman–Crippen LogP) is 3.29. The van der Waals surface area contributed by atoms with Crippen molar-refractivity contribution in [3.05, 3.63) is 64.9 Å². The number of hydrogen-bond acceptors (Lipinski definition) is 3. The molecule has 1 aromatic heterocycles. The zero-order valence-corrected chi connectivity index (χ0v) is 14.9. The van der Waals surface area contributed by atoms with Gasteiger partial charge < -0.3 is 10.0 Å². The van der Waals surface area contributed by atoms with E-state index < -0.39 is 0 Å². The van der Waals surface area contributed by atoms with Crippen molar-refractivity contribution in [3.63, 3.8) is 0 Å². The Hall–Kier alpha value is -1.91. The number of carbonyl (C=O) groups is 1. The first-order chi connectivity index (χ1) is 12.2. The van der Waals surface area contributed by atoms with Crippen molar-refractivity contribution >= 4 is 17.5 Å². The third-order valence-corrected chi connectivity index (χ3v) is 5.10. The van der Waals surface area contributed by atoms with Gasteiger partial charge in [0, 0.05) is 37.1 Å². The molecule has 0 spiro atoms. The van der Waals surface area contributed by atoms with E-state index in [1.165, 1.54) is 0 Å². The van der Waals surface area contributed by atoms with E-state index in [0.29, 0.717) is 18.0 Å². The van der Waals surface area contributed by atoms with Gasteiger partial charge in [0.15, 0.2) is 0 Å². The number of amides is 1. The molecule has 1 saturated heterocycles. The number of aromatic nitrogens is 1. The first-order valence-corrected chi connectivity index (χ1v) is 9.09. The molecule has 132 valence electrons. The average molecular weight is 359 g/mol.